The summed E-state index contributed by atoms with van der Waals surface area (Å²) in [6, 6.07) is 14.0. The minimum Gasteiger partial charge on any atom is -0.482 e. The molecule has 0 spiro atoms. The van der Waals surface area contributed by atoms with Gasteiger partial charge in [0, 0.05) is 5.69 Å². The molecule has 0 unspecified atom stereocenters. The molecule has 0 aliphatic heterocycles. The number of nitrogens with two attached hydrogens (primary N) is 1. The first kappa shape index (κ1) is 16.5. The topological polar surface area (TPSA) is 122 Å². The van der Waals surface area contributed by atoms with Gasteiger partial charge in [0.15, 0.2) is 6.61 Å². The van der Waals surface area contributed by atoms with Crippen molar-refractivity contribution >= 4 is 21.6 Å². The summed E-state index contributed by atoms with van der Waals surface area (Å²) >= 11 is 0. The maximum Gasteiger partial charge on any atom is 0.262 e. The Hall–Kier alpha value is -2.89. The summed E-state index contributed by atoms with van der Waals surface area (Å²) in [5.74, 6) is -0.201. The number of para-hydroxylation sites is 1. The third kappa shape index (κ3) is 4.54. The van der Waals surface area contributed by atoms with Crippen LogP contribution in [0.15, 0.2) is 53.4 Å². The van der Waals surface area contributed by atoms with Gasteiger partial charge in [-0.25, -0.2) is 13.6 Å². The molecule has 2 rings (SSSR count). The molecular formula is C15H13N3O4S. The zero-order chi connectivity index (χ0) is 16.9. The second-order valence-electron chi connectivity index (χ2n) is 4.52. The predicted molar refractivity (Wildman–Crippen MR) is 83.1 cm³/mol. The second-order valence-corrected chi connectivity index (χ2v) is 6.08. The molecule has 0 aromatic heterocycles. The number of amides is 1. The van der Waals surface area contributed by atoms with E-state index in [4.69, 9.17) is 15.1 Å². The highest BCUT2D eigenvalue weighted by molar-refractivity contribution is 7.89. The maximum atomic E-state index is 11.8. The van der Waals surface area contributed by atoms with Gasteiger partial charge in [0.05, 0.1) is 10.5 Å². The van der Waals surface area contributed by atoms with E-state index < -0.39 is 15.9 Å². The molecule has 1 amide bonds. The van der Waals surface area contributed by atoms with Crippen LogP contribution in [-0.2, 0) is 14.8 Å². The molecule has 0 aliphatic rings. The van der Waals surface area contributed by atoms with Crippen LogP contribution in [0.25, 0.3) is 0 Å². The van der Waals surface area contributed by atoms with Crippen LogP contribution >= 0.6 is 0 Å². The summed E-state index contributed by atoms with van der Waals surface area (Å²) in [4.78, 5) is 11.7. The lowest BCUT2D eigenvalue weighted by molar-refractivity contribution is -0.118. The molecular weight excluding hydrogens is 318 g/mol. The fourth-order valence-corrected chi connectivity index (χ4v) is 2.34. The van der Waals surface area contributed by atoms with E-state index in [1.165, 1.54) is 24.3 Å². The molecule has 3 N–H and O–H groups in total. The molecule has 8 heteroatoms. The van der Waals surface area contributed by atoms with Crippen molar-refractivity contribution < 1.29 is 17.9 Å². The standard InChI is InChI=1S/C15H13N3O4S/c16-9-11-4-1-2-7-14(11)22-10-15(19)18-12-5-3-6-13(8-12)23(17,20)21/h1-8H,10H2,(H,18,19)(H2,17,20,21). The van der Waals surface area contributed by atoms with Crippen LogP contribution in [0.1, 0.15) is 5.56 Å². The van der Waals surface area contributed by atoms with E-state index in [9.17, 15) is 13.2 Å². The first-order valence-corrected chi connectivity index (χ1v) is 7.99. The van der Waals surface area contributed by atoms with Gasteiger partial charge < -0.3 is 10.1 Å². The fraction of sp³-hybridized carbons (Fsp3) is 0.0667. The highest BCUT2D eigenvalue weighted by atomic mass is 32.2. The zero-order valence-electron chi connectivity index (χ0n) is 11.9. The van der Waals surface area contributed by atoms with Gasteiger partial charge in [-0.2, -0.15) is 5.26 Å². The second kappa shape index (κ2) is 6.91. The normalized spacial score (nSPS) is 10.6. The van der Waals surface area contributed by atoms with Crippen molar-refractivity contribution in [2.75, 3.05) is 11.9 Å². The number of nitriles is 1. The van der Waals surface area contributed by atoms with Crippen LogP contribution in [-0.4, -0.2) is 20.9 Å². The number of rotatable bonds is 5. The molecule has 7 nitrogen and oxygen atoms in total. The van der Waals surface area contributed by atoms with E-state index in [-0.39, 0.29) is 17.2 Å². The van der Waals surface area contributed by atoms with Crippen LogP contribution in [0, 0.1) is 11.3 Å². The Morgan fingerprint density at radius 3 is 2.65 bits per heavy atom. The van der Waals surface area contributed by atoms with Crippen LogP contribution in [0.5, 0.6) is 5.75 Å². The SMILES string of the molecule is N#Cc1ccccc1OCC(=O)Nc1cccc(S(N)(=O)=O)c1. The van der Waals surface area contributed by atoms with Crippen molar-refractivity contribution in [3.63, 3.8) is 0 Å². The Labute approximate surface area is 133 Å². The van der Waals surface area contributed by atoms with Crippen LogP contribution in [0.2, 0.25) is 0 Å². The van der Waals surface area contributed by atoms with Crippen molar-refractivity contribution in [2.24, 2.45) is 5.14 Å². The third-order valence-corrected chi connectivity index (χ3v) is 3.72. The fourth-order valence-electron chi connectivity index (χ4n) is 1.78. The largest absolute Gasteiger partial charge is 0.482 e. The first-order chi connectivity index (χ1) is 10.9. The molecule has 0 radical (unpaired) electrons. The van der Waals surface area contributed by atoms with E-state index in [0.29, 0.717) is 11.3 Å². The average Bonchev–Trinajstić information content (AvgIpc) is 2.52. The number of benzene rings is 2. The van der Waals surface area contributed by atoms with E-state index in [1.54, 1.807) is 24.3 Å². The van der Waals surface area contributed by atoms with Crippen LogP contribution in [0.4, 0.5) is 5.69 Å². The summed E-state index contributed by atoms with van der Waals surface area (Å²) < 4.78 is 27.8. The lowest BCUT2D eigenvalue weighted by Crippen LogP contribution is -2.21. The Morgan fingerprint density at radius 1 is 1.22 bits per heavy atom. The van der Waals surface area contributed by atoms with E-state index >= 15 is 0 Å². The number of ether oxygens (including phenoxy) is 1. The third-order valence-electron chi connectivity index (χ3n) is 2.81. The van der Waals surface area contributed by atoms with Crippen molar-refractivity contribution in [2.45, 2.75) is 4.90 Å². The monoisotopic (exact) mass is 331 g/mol. The number of hydrogen-bond donors (Lipinski definition) is 2. The van der Waals surface area contributed by atoms with Crippen molar-refractivity contribution in [1.82, 2.24) is 0 Å². The molecule has 23 heavy (non-hydrogen) atoms. The van der Waals surface area contributed by atoms with Crippen LogP contribution < -0.4 is 15.2 Å². The quantitative estimate of drug-likeness (QED) is 0.853. The number of nitrogens with one attached hydrogen (secondary N) is 1. The summed E-state index contributed by atoms with van der Waals surface area (Å²) in [5.41, 5.74) is 0.593. The summed E-state index contributed by atoms with van der Waals surface area (Å²) in [6.45, 7) is -0.321. The minimum absolute atomic E-state index is 0.106. The zero-order valence-corrected chi connectivity index (χ0v) is 12.7. The van der Waals surface area contributed by atoms with Gasteiger partial charge in [-0.05, 0) is 30.3 Å². The molecule has 2 aromatic carbocycles. The molecule has 2 aromatic rings. The molecule has 0 fully saturated rings. The predicted octanol–water partition coefficient (Wildman–Crippen LogP) is 1.22. The van der Waals surface area contributed by atoms with E-state index in [2.05, 4.69) is 5.32 Å². The minimum atomic E-state index is -3.84. The Kier molecular flexibility index (Phi) is 4.95. The van der Waals surface area contributed by atoms with Gasteiger partial charge in [-0.15, -0.1) is 0 Å². The molecule has 0 aliphatic carbocycles. The highest BCUT2D eigenvalue weighted by Gasteiger charge is 2.10. The number of anilines is 1. The smallest absolute Gasteiger partial charge is 0.262 e. The first-order valence-electron chi connectivity index (χ1n) is 6.45. The number of nitrogens with zero attached hydrogens (tertiary/aromatic N) is 1. The average molecular weight is 331 g/mol. The molecule has 0 heterocycles. The molecule has 0 saturated carbocycles. The number of carbonyl (C=O) groups excluding carboxylic acids is 1. The van der Waals surface area contributed by atoms with E-state index in [0.717, 1.165) is 0 Å². The van der Waals surface area contributed by atoms with E-state index in [1.807, 2.05) is 6.07 Å². The summed E-state index contributed by atoms with van der Waals surface area (Å²) in [6.07, 6.45) is 0. The lowest BCUT2D eigenvalue weighted by atomic mass is 10.2. The van der Waals surface area contributed by atoms with Crippen molar-refractivity contribution in [3.05, 3.63) is 54.1 Å². The van der Waals surface area contributed by atoms with Gasteiger partial charge in [-0.3, -0.25) is 4.79 Å². The van der Waals surface area contributed by atoms with Crippen molar-refractivity contribution in [1.29, 1.82) is 5.26 Å². The summed E-state index contributed by atoms with van der Waals surface area (Å²) in [5, 5.41) is 16.4. The molecule has 0 atom stereocenters. The summed E-state index contributed by atoms with van der Waals surface area (Å²) in [7, 11) is -3.84. The maximum absolute atomic E-state index is 11.8. The Bertz CT molecular complexity index is 872. The van der Waals surface area contributed by atoms with Crippen molar-refractivity contribution in [3.8, 4) is 11.8 Å². The van der Waals surface area contributed by atoms with Gasteiger partial charge in [0.1, 0.15) is 11.8 Å². The number of primary sulfonamides is 1. The molecule has 0 saturated heterocycles. The highest BCUT2D eigenvalue weighted by Crippen LogP contribution is 2.17. The van der Waals surface area contributed by atoms with Gasteiger partial charge >= 0.3 is 0 Å². The number of sulfonamides is 1. The lowest BCUT2D eigenvalue weighted by Gasteiger charge is -2.09. The van der Waals surface area contributed by atoms with Gasteiger partial charge in [-0.1, -0.05) is 18.2 Å². The molecule has 0 bridgehead atoms. The molecule has 118 valence electrons. The number of hydrogen-bond acceptors (Lipinski definition) is 5. The van der Waals surface area contributed by atoms with Crippen LogP contribution in [0.3, 0.4) is 0 Å². The number of carbonyl (C=O) groups is 1. The Balaban J connectivity index is 2.02. The van der Waals surface area contributed by atoms with Gasteiger partial charge in [0.25, 0.3) is 5.91 Å². The van der Waals surface area contributed by atoms with Gasteiger partial charge in [0.2, 0.25) is 10.0 Å². The Morgan fingerprint density at radius 2 is 1.96 bits per heavy atom.